The Hall–Kier alpha value is -2.74. The van der Waals surface area contributed by atoms with Crippen molar-refractivity contribution in [3.8, 4) is 0 Å². The first-order valence-corrected chi connectivity index (χ1v) is 11.2. The van der Waals surface area contributed by atoms with Crippen molar-refractivity contribution in [2.75, 3.05) is 25.0 Å². The summed E-state index contributed by atoms with van der Waals surface area (Å²) in [5, 5.41) is 16.7. The highest BCUT2D eigenvalue weighted by Crippen LogP contribution is 2.19. The Morgan fingerprint density at radius 2 is 2.00 bits per heavy atom. The van der Waals surface area contributed by atoms with Crippen LogP contribution in [0.15, 0.2) is 35.3 Å². The van der Waals surface area contributed by atoms with Gasteiger partial charge in [-0.05, 0) is 62.8 Å². The molecule has 8 heteroatoms. The summed E-state index contributed by atoms with van der Waals surface area (Å²) in [4.78, 5) is 15.0. The largest absolute Gasteiger partial charge is 0.352 e. The highest BCUT2D eigenvalue weighted by molar-refractivity contribution is 5.44. The van der Waals surface area contributed by atoms with Gasteiger partial charge in [-0.15, -0.1) is 10.2 Å². The van der Waals surface area contributed by atoms with Gasteiger partial charge in [-0.2, -0.15) is 5.10 Å². The first-order chi connectivity index (χ1) is 14.8. The van der Waals surface area contributed by atoms with Crippen molar-refractivity contribution in [1.82, 2.24) is 29.3 Å². The van der Waals surface area contributed by atoms with Gasteiger partial charge in [0, 0.05) is 31.4 Å². The zero-order valence-electron chi connectivity index (χ0n) is 17.3. The molecular weight excluding hydrogens is 378 g/mol. The molecule has 5 rings (SSSR count). The monoisotopic (exact) mass is 407 g/mol. The van der Waals surface area contributed by atoms with Crippen LogP contribution in [0.3, 0.4) is 0 Å². The van der Waals surface area contributed by atoms with E-state index in [1.165, 1.54) is 25.7 Å². The minimum atomic E-state index is 0.0391. The Bertz CT molecular complexity index is 1070. The first kappa shape index (κ1) is 19.2. The van der Waals surface area contributed by atoms with Gasteiger partial charge in [0.25, 0.3) is 5.56 Å². The van der Waals surface area contributed by atoms with Crippen molar-refractivity contribution in [1.29, 1.82) is 0 Å². The van der Waals surface area contributed by atoms with Crippen LogP contribution in [-0.2, 0) is 19.4 Å². The highest BCUT2D eigenvalue weighted by atomic mass is 16.1. The molecular formula is C22H29N7O. The smallest absolute Gasteiger partial charge is 0.267 e. The van der Waals surface area contributed by atoms with E-state index in [0.29, 0.717) is 12.6 Å². The molecule has 0 saturated carbocycles. The predicted molar refractivity (Wildman–Crippen MR) is 116 cm³/mol. The van der Waals surface area contributed by atoms with Gasteiger partial charge in [-0.1, -0.05) is 12.5 Å². The maximum atomic E-state index is 12.5. The molecule has 0 aromatic carbocycles. The van der Waals surface area contributed by atoms with Crippen molar-refractivity contribution in [3.05, 3.63) is 52.1 Å². The number of aryl methyl sites for hydroxylation is 2. The lowest BCUT2D eigenvalue weighted by atomic mass is 9.97. The number of rotatable bonds is 6. The molecule has 1 aliphatic heterocycles. The van der Waals surface area contributed by atoms with Crippen molar-refractivity contribution >= 4 is 11.6 Å². The molecule has 1 N–H and O–H groups in total. The Morgan fingerprint density at radius 1 is 1.07 bits per heavy atom. The average Bonchev–Trinajstić information content (AvgIpc) is 3.20. The molecule has 0 amide bonds. The number of hydrogen-bond donors (Lipinski definition) is 1. The van der Waals surface area contributed by atoms with Crippen LogP contribution in [0.5, 0.6) is 0 Å². The molecule has 1 saturated heterocycles. The molecule has 1 unspecified atom stereocenters. The lowest BCUT2D eigenvalue weighted by Gasteiger charge is -2.35. The molecule has 0 spiro atoms. The van der Waals surface area contributed by atoms with Crippen LogP contribution in [0.2, 0.25) is 0 Å². The van der Waals surface area contributed by atoms with E-state index < -0.39 is 0 Å². The third-order valence-electron chi connectivity index (χ3n) is 6.43. The second-order valence-corrected chi connectivity index (χ2v) is 8.40. The molecule has 158 valence electrons. The van der Waals surface area contributed by atoms with E-state index >= 15 is 0 Å². The highest BCUT2D eigenvalue weighted by Gasteiger charge is 2.23. The minimum Gasteiger partial charge on any atom is -0.352 e. The summed E-state index contributed by atoms with van der Waals surface area (Å²) in [6, 6.07) is 8.13. The Labute approximate surface area is 175 Å². The van der Waals surface area contributed by atoms with Crippen LogP contribution in [-0.4, -0.2) is 55.0 Å². The molecule has 1 atom stereocenters. The van der Waals surface area contributed by atoms with Crippen molar-refractivity contribution in [2.24, 2.45) is 0 Å². The molecule has 2 aliphatic rings. The molecule has 1 aliphatic carbocycles. The third kappa shape index (κ3) is 3.96. The van der Waals surface area contributed by atoms with Gasteiger partial charge >= 0.3 is 0 Å². The van der Waals surface area contributed by atoms with Gasteiger partial charge in [0.15, 0.2) is 5.65 Å². The van der Waals surface area contributed by atoms with Crippen LogP contribution in [0.1, 0.15) is 43.4 Å². The van der Waals surface area contributed by atoms with Crippen molar-refractivity contribution in [2.45, 2.75) is 57.5 Å². The van der Waals surface area contributed by atoms with Gasteiger partial charge in [0.1, 0.15) is 0 Å². The summed E-state index contributed by atoms with van der Waals surface area (Å²) in [5.74, 6) is 0.781. The molecule has 30 heavy (non-hydrogen) atoms. The Balaban J connectivity index is 1.24. The SMILES string of the molecule is O=c1cc2c(nn1CCN1CCCCC1CNc1nnc3ccccn13)CCCC2. The van der Waals surface area contributed by atoms with Gasteiger partial charge in [-0.3, -0.25) is 14.1 Å². The lowest BCUT2D eigenvalue weighted by Crippen LogP contribution is -2.46. The summed E-state index contributed by atoms with van der Waals surface area (Å²) >= 11 is 0. The molecule has 0 bridgehead atoms. The van der Waals surface area contributed by atoms with E-state index in [4.69, 9.17) is 0 Å². The van der Waals surface area contributed by atoms with Crippen LogP contribution in [0, 0.1) is 0 Å². The fourth-order valence-electron chi connectivity index (χ4n) is 4.74. The van der Waals surface area contributed by atoms with E-state index in [1.807, 2.05) is 34.9 Å². The molecule has 3 aromatic heterocycles. The predicted octanol–water partition coefficient (Wildman–Crippen LogP) is 2.13. The number of anilines is 1. The molecule has 8 nitrogen and oxygen atoms in total. The fraction of sp³-hybridized carbons (Fsp3) is 0.545. The Morgan fingerprint density at radius 3 is 2.97 bits per heavy atom. The summed E-state index contributed by atoms with van der Waals surface area (Å²) in [6.07, 6.45) is 9.91. The van der Waals surface area contributed by atoms with Gasteiger partial charge in [0.05, 0.1) is 12.2 Å². The number of aromatic nitrogens is 5. The number of hydrogen-bond acceptors (Lipinski definition) is 6. The molecule has 3 aromatic rings. The van der Waals surface area contributed by atoms with Crippen LogP contribution >= 0.6 is 0 Å². The second kappa shape index (κ2) is 8.55. The maximum absolute atomic E-state index is 12.5. The van der Waals surface area contributed by atoms with E-state index in [9.17, 15) is 4.79 Å². The van der Waals surface area contributed by atoms with E-state index in [2.05, 4.69) is 25.5 Å². The topological polar surface area (TPSA) is 80.3 Å². The summed E-state index contributed by atoms with van der Waals surface area (Å²) in [7, 11) is 0. The number of likely N-dealkylation sites (tertiary alicyclic amines) is 1. The fourth-order valence-corrected chi connectivity index (χ4v) is 4.74. The third-order valence-corrected chi connectivity index (χ3v) is 6.43. The van der Waals surface area contributed by atoms with Gasteiger partial charge < -0.3 is 5.32 Å². The number of nitrogens with zero attached hydrogens (tertiary/aromatic N) is 6. The average molecular weight is 408 g/mol. The number of piperidine rings is 1. The standard InChI is InChI=1S/C22H29N7O/c30-21-15-17-7-1-2-9-19(17)26-29(21)14-13-27-11-5-3-8-18(27)16-23-22-25-24-20-10-4-6-12-28(20)22/h4,6,10,12,15,18H,1-3,5,7-9,11,13-14,16H2,(H,23,25). The summed E-state index contributed by atoms with van der Waals surface area (Å²) < 4.78 is 3.65. The molecule has 1 fully saturated rings. The van der Waals surface area contributed by atoms with Crippen LogP contribution in [0.4, 0.5) is 5.95 Å². The van der Waals surface area contributed by atoms with Gasteiger partial charge in [-0.25, -0.2) is 4.68 Å². The van der Waals surface area contributed by atoms with Gasteiger partial charge in [0.2, 0.25) is 5.95 Å². The summed E-state index contributed by atoms with van der Waals surface area (Å²) in [5.41, 5.74) is 3.16. The van der Waals surface area contributed by atoms with E-state index in [1.54, 1.807) is 4.68 Å². The Kier molecular flexibility index (Phi) is 5.48. The van der Waals surface area contributed by atoms with Crippen molar-refractivity contribution in [3.63, 3.8) is 0 Å². The summed E-state index contributed by atoms with van der Waals surface area (Å²) in [6.45, 7) is 3.38. The molecule has 4 heterocycles. The second-order valence-electron chi connectivity index (χ2n) is 8.40. The van der Waals surface area contributed by atoms with E-state index in [0.717, 1.165) is 61.7 Å². The quantitative estimate of drug-likeness (QED) is 0.674. The molecule has 0 radical (unpaired) electrons. The number of fused-ring (bicyclic) bond motifs is 2. The van der Waals surface area contributed by atoms with Crippen LogP contribution < -0.4 is 10.9 Å². The minimum absolute atomic E-state index is 0.0391. The zero-order valence-corrected chi connectivity index (χ0v) is 17.3. The lowest BCUT2D eigenvalue weighted by molar-refractivity contribution is 0.147. The maximum Gasteiger partial charge on any atom is 0.267 e. The van der Waals surface area contributed by atoms with E-state index in [-0.39, 0.29) is 5.56 Å². The van der Waals surface area contributed by atoms with Crippen molar-refractivity contribution < 1.29 is 0 Å². The zero-order chi connectivity index (χ0) is 20.3. The van der Waals surface area contributed by atoms with Crippen LogP contribution in [0.25, 0.3) is 5.65 Å². The first-order valence-electron chi connectivity index (χ1n) is 11.2. The number of pyridine rings is 1. The number of nitrogens with one attached hydrogen (secondary N) is 1. The normalized spacial score (nSPS) is 19.7.